The zero-order valence-electron chi connectivity index (χ0n) is 9.69. The molecule has 0 saturated carbocycles. The highest BCUT2D eigenvalue weighted by molar-refractivity contribution is 5.61. The lowest BCUT2D eigenvalue weighted by molar-refractivity contribution is 0.626. The van der Waals surface area contributed by atoms with Crippen molar-refractivity contribution in [1.29, 1.82) is 0 Å². The molecule has 88 valence electrons. The molecule has 2 aliphatic heterocycles. The first-order valence-electron chi connectivity index (χ1n) is 6.21. The lowest BCUT2D eigenvalue weighted by atomic mass is 10.1. The molecule has 2 aromatic heterocycles. The van der Waals surface area contributed by atoms with Crippen molar-refractivity contribution in [2.75, 3.05) is 0 Å². The van der Waals surface area contributed by atoms with Crippen molar-refractivity contribution in [2.45, 2.75) is 38.9 Å². The molecular formula is C12H15N5. The van der Waals surface area contributed by atoms with Crippen LogP contribution in [0.1, 0.15) is 23.8 Å². The van der Waals surface area contributed by atoms with Crippen LogP contribution in [-0.4, -0.2) is 19.1 Å². The first-order valence-corrected chi connectivity index (χ1v) is 6.21. The van der Waals surface area contributed by atoms with Crippen molar-refractivity contribution in [3.63, 3.8) is 0 Å². The highest BCUT2D eigenvalue weighted by Gasteiger charge is 2.28. The predicted octanol–water partition coefficient (Wildman–Crippen LogP) is 0.708. The summed E-state index contributed by atoms with van der Waals surface area (Å²) < 4.78 is 4.61. The normalized spacial score (nSPS) is 16.8. The van der Waals surface area contributed by atoms with Crippen molar-refractivity contribution < 1.29 is 0 Å². The van der Waals surface area contributed by atoms with Gasteiger partial charge in [0.1, 0.15) is 11.6 Å². The zero-order chi connectivity index (χ0) is 11.4. The monoisotopic (exact) mass is 229 g/mol. The van der Waals surface area contributed by atoms with Gasteiger partial charge in [0.2, 0.25) is 0 Å². The molecule has 0 spiro atoms. The van der Waals surface area contributed by atoms with Crippen LogP contribution < -0.4 is 5.73 Å². The second-order valence-corrected chi connectivity index (χ2v) is 4.74. The number of hydrogen-bond acceptors (Lipinski definition) is 3. The van der Waals surface area contributed by atoms with Crippen LogP contribution >= 0.6 is 0 Å². The summed E-state index contributed by atoms with van der Waals surface area (Å²) in [7, 11) is 0. The number of rotatable bonds is 1. The van der Waals surface area contributed by atoms with Crippen molar-refractivity contribution in [1.82, 2.24) is 19.1 Å². The maximum atomic E-state index is 5.72. The SMILES string of the molecule is NCc1ncc2n1CCc1nc3n(c1-2)CCC3. The molecule has 0 bridgehead atoms. The molecule has 2 aromatic rings. The van der Waals surface area contributed by atoms with E-state index in [-0.39, 0.29) is 0 Å². The van der Waals surface area contributed by atoms with Gasteiger partial charge in [0, 0.05) is 25.9 Å². The van der Waals surface area contributed by atoms with Crippen LogP contribution in [0.15, 0.2) is 6.20 Å². The van der Waals surface area contributed by atoms with Crippen molar-refractivity contribution in [3.8, 4) is 11.4 Å². The average molecular weight is 229 g/mol. The number of nitrogens with zero attached hydrogens (tertiary/aromatic N) is 4. The Labute approximate surface area is 99.3 Å². The van der Waals surface area contributed by atoms with Gasteiger partial charge in [0.15, 0.2) is 0 Å². The summed E-state index contributed by atoms with van der Waals surface area (Å²) >= 11 is 0. The lowest BCUT2D eigenvalue weighted by Gasteiger charge is -2.18. The summed E-state index contributed by atoms with van der Waals surface area (Å²) in [4.78, 5) is 9.17. The highest BCUT2D eigenvalue weighted by atomic mass is 15.2. The fourth-order valence-corrected chi connectivity index (χ4v) is 3.07. The van der Waals surface area contributed by atoms with E-state index in [4.69, 9.17) is 10.7 Å². The standard InChI is InChI=1S/C12H15N5/c13-6-11-14-7-9-12-8(3-5-16(9)11)15-10-2-1-4-17(10)12/h7H,1-6,13H2. The van der Waals surface area contributed by atoms with Crippen molar-refractivity contribution in [3.05, 3.63) is 23.5 Å². The topological polar surface area (TPSA) is 61.7 Å². The largest absolute Gasteiger partial charge is 0.327 e. The smallest absolute Gasteiger partial charge is 0.122 e. The van der Waals surface area contributed by atoms with Gasteiger partial charge in [-0.2, -0.15) is 0 Å². The van der Waals surface area contributed by atoms with Crippen LogP contribution in [0, 0.1) is 0 Å². The molecule has 2 aliphatic rings. The van der Waals surface area contributed by atoms with Crippen LogP contribution in [0.2, 0.25) is 0 Å². The minimum Gasteiger partial charge on any atom is -0.327 e. The molecular weight excluding hydrogens is 214 g/mol. The second-order valence-electron chi connectivity index (χ2n) is 4.74. The Morgan fingerprint density at radius 2 is 2.18 bits per heavy atom. The maximum Gasteiger partial charge on any atom is 0.122 e. The number of nitrogens with two attached hydrogens (primary N) is 1. The second kappa shape index (κ2) is 3.20. The summed E-state index contributed by atoms with van der Waals surface area (Å²) in [6.07, 6.45) is 5.29. The van der Waals surface area contributed by atoms with Crippen LogP contribution in [-0.2, 0) is 32.5 Å². The Bertz CT molecular complexity index is 592. The molecule has 5 nitrogen and oxygen atoms in total. The van der Waals surface area contributed by atoms with Gasteiger partial charge >= 0.3 is 0 Å². The van der Waals surface area contributed by atoms with E-state index in [2.05, 4.69) is 14.1 Å². The van der Waals surface area contributed by atoms with Gasteiger partial charge in [-0.3, -0.25) is 0 Å². The molecule has 4 rings (SSSR count). The first kappa shape index (κ1) is 9.41. The van der Waals surface area contributed by atoms with Gasteiger partial charge in [-0.05, 0) is 6.42 Å². The van der Waals surface area contributed by atoms with Gasteiger partial charge in [0.05, 0.1) is 29.8 Å². The maximum absolute atomic E-state index is 5.72. The summed E-state index contributed by atoms with van der Waals surface area (Å²) in [6, 6.07) is 0. The summed E-state index contributed by atoms with van der Waals surface area (Å²) in [5.74, 6) is 2.23. The van der Waals surface area contributed by atoms with E-state index in [0.29, 0.717) is 6.54 Å². The Morgan fingerprint density at radius 1 is 1.24 bits per heavy atom. The van der Waals surface area contributed by atoms with Gasteiger partial charge in [-0.1, -0.05) is 0 Å². The van der Waals surface area contributed by atoms with Gasteiger partial charge in [-0.25, -0.2) is 9.97 Å². The van der Waals surface area contributed by atoms with Gasteiger partial charge in [-0.15, -0.1) is 0 Å². The Hall–Kier alpha value is -1.62. The summed E-state index contributed by atoms with van der Waals surface area (Å²) in [5.41, 5.74) is 9.46. The molecule has 0 amide bonds. The molecule has 0 radical (unpaired) electrons. The highest BCUT2D eigenvalue weighted by Crippen LogP contribution is 2.33. The van der Waals surface area contributed by atoms with Crippen LogP contribution in [0.5, 0.6) is 0 Å². The van der Waals surface area contributed by atoms with Gasteiger partial charge < -0.3 is 14.9 Å². The molecule has 4 heterocycles. The molecule has 0 atom stereocenters. The molecule has 0 aliphatic carbocycles. The lowest BCUT2D eigenvalue weighted by Crippen LogP contribution is -2.16. The van der Waals surface area contributed by atoms with E-state index in [1.165, 1.54) is 29.3 Å². The molecule has 0 saturated heterocycles. The third-order valence-electron chi connectivity index (χ3n) is 3.84. The Kier molecular flexibility index (Phi) is 1.77. The quantitative estimate of drug-likeness (QED) is 0.783. The summed E-state index contributed by atoms with van der Waals surface area (Å²) in [6.45, 7) is 2.57. The molecule has 0 unspecified atom stereocenters. The number of aryl methyl sites for hydroxylation is 2. The van der Waals surface area contributed by atoms with E-state index in [1.54, 1.807) is 0 Å². The fraction of sp³-hybridized carbons (Fsp3) is 0.500. The molecule has 17 heavy (non-hydrogen) atoms. The van der Waals surface area contributed by atoms with E-state index in [1.807, 2.05) is 6.20 Å². The van der Waals surface area contributed by atoms with E-state index >= 15 is 0 Å². The van der Waals surface area contributed by atoms with Crippen LogP contribution in [0.3, 0.4) is 0 Å². The molecule has 0 fully saturated rings. The molecule has 5 heteroatoms. The molecule has 0 aromatic carbocycles. The predicted molar refractivity (Wildman–Crippen MR) is 63.4 cm³/mol. The molecule has 2 N–H and O–H groups in total. The van der Waals surface area contributed by atoms with Crippen LogP contribution in [0.4, 0.5) is 0 Å². The van der Waals surface area contributed by atoms with Crippen molar-refractivity contribution in [2.24, 2.45) is 5.73 Å². The Morgan fingerprint density at radius 3 is 3.06 bits per heavy atom. The number of imidazole rings is 2. The minimum atomic E-state index is 0.510. The average Bonchev–Trinajstić information content (AvgIpc) is 2.99. The Balaban J connectivity index is 1.97. The van der Waals surface area contributed by atoms with E-state index < -0.39 is 0 Å². The van der Waals surface area contributed by atoms with E-state index in [9.17, 15) is 0 Å². The van der Waals surface area contributed by atoms with Crippen molar-refractivity contribution >= 4 is 0 Å². The number of aromatic nitrogens is 4. The van der Waals surface area contributed by atoms with Crippen LogP contribution in [0.25, 0.3) is 11.4 Å². The first-order chi connectivity index (χ1) is 8.38. The fourth-order valence-electron chi connectivity index (χ4n) is 3.07. The zero-order valence-corrected chi connectivity index (χ0v) is 9.69. The van der Waals surface area contributed by atoms with E-state index in [0.717, 1.165) is 31.8 Å². The third-order valence-corrected chi connectivity index (χ3v) is 3.84. The number of hydrogen-bond donors (Lipinski definition) is 1. The third kappa shape index (κ3) is 1.12. The number of fused-ring (bicyclic) bond motifs is 5. The minimum absolute atomic E-state index is 0.510. The summed E-state index contributed by atoms with van der Waals surface area (Å²) in [5, 5.41) is 0. The van der Waals surface area contributed by atoms with Gasteiger partial charge in [0.25, 0.3) is 0 Å².